The molecule has 0 spiro atoms. The first-order valence-electron chi connectivity index (χ1n) is 11.5. The zero-order valence-corrected chi connectivity index (χ0v) is 19.4. The van der Waals surface area contributed by atoms with E-state index < -0.39 is 0 Å². The Hall–Kier alpha value is -2.42. The van der Waals surface area contributed by atoms with Crippen molar-refractivity contribution in [3.63, 3.8) is 0 Å². The number of hydrogen-bond donors (Lipinski definition) is 1. The molecule has 1 aromatic carbocycles. The fraction of sp³-hybridized carbons (Fsp3) is 0.583. The number of nitrogens with zero attached hydrogens (tertiary/aromatic N) is 3. The van der Waals surface area contributed by atoms with Gasteiger partial charge in [-0.15, -0.1) is 0 Å². The molecule has 0 aromatic heterocycles. The first-order chi connectivity index (χ1) is 15.5. The molecule has 32 heavy (non-hydrogen) atoms. The third-order valence-corrected chi connectivity index (χ3v) is 5.63. The van der Waals surface area contributed by atoms with Crippen LogP contribution in [0, 0.1) is 0 Å². The van der Waals surface area contributed by atoms with E-state index in [1.54, 1.807) is 0 Å². The highest BCUT2D eigenvalue weighted by Gasteiger charge is 2.42. The van der Waals surface area contributed by atoms with Gasteiger partial charge in [-0.05, 0) is 38.0 Å². The van der Waals surface area contributed by atoms with Crippen molar-refractivity contribution in [3.05, 3.63) is 35.5 Å². The lowest BCUT2D eigenvalue weighted by molar-refractivity contribution is -0.138. The Balaban J connectivity index is 1.86. The van der Waals surface area contributed by atoms with Crippen LogP contribution in [-0.2, 0) is 14.3 Å². The van der Waals surface area contributed by atoms with E-state index in [9.17, 15) is 14.7 Å². The van der Waals surface area contributed by atoms with Crippen LogP contribution >= 0.6 is 0 Å². The summed E-state index contributed by atoms with van der Waals surface area (Å²) in [6, 6.07) is 7.39. The average molecular weight is 446 g/mol. The second-order valence-electron chi connectivity index (χ2n) is 8.33. The third-order valence-electron chi connectivity index (χ3n) is 5.63. The summed E-state index contributed by atoms with van der Waals surface area (Å²) < 4.78 is 11.3. The van der Waals surface area contributed by atoms with Gasteiger partial charge in [-0.1, -0.05) is 19.1 Å². The molecule has 3 rings (SSSR count). The molecule has 1 N–H and O–H groups in total. The zero-order chi connectivity index (χ0) is 23.1. The van der Waals surface area contributed by atoms with E-state index in [4.69, 9.17) is 9.47 Å². The molecule has 0 bridgehead atoms. The fourth-order valence-electron chi connectivity index (χ4n) is 3.97. The van der Waals surface area contributed by atoms with Crippen LogP contribution < -0.4 is 4.74 Å². The van der Waals surface area contributed by atoms with Crippen molar-refractivity contribution in [2.75, 3.05) is 59.1 Å². The first-order valence-corrected chi connectivity index (χ1v) is 11.5. The maximum Gasteiger partial charge on any atom is 0.277 e. The van der Waals surface area contributed by atoms with E-state index in [1.807, 2.05) is 49.9 Å². The molecule has 8 heteroatoms. The summed E-state index contributed by atoms with van der Waals surface area (Å²) in [6.45, 7) is 10.5. The van der Waals surface area contributed by atoms with E-state index in [2.05, 4.69) is 4.90 Å². The Morgan fingerprint density at radius 2 is 1.66 bits per heavy atom. The number of benzene rings is 1. The lowest BCUT2D eigenvalue weighted by Gasteiger charge is -2.36. The maximum atomic E-state index is 13.4. The topological polar surface area (TPSA) is 82.6 Å². The van der Waals surface area contributed by atoms with Gasteiger partial charge in [0.05, 0.1) is 38.0 Å². The Morgan fingerprint density at radius 3 is 2.25 bits per heavy atom. The normalized spacial score (nSPS) is 17.8. The maximum absolute atomic E-state index is 13.4. The van der Waals surface area contributed by atoms with Gasteiger partial charge in [0.2, 0.25) is 0 Å². The highest BCUT2D eigenvalue weighted by molar-refractivity contribution is 6.35. The van der Waals surface area contributed by atoms with E-state index in [-0.39, 0.29) is 31.1 Å². The highest BCUT2D eigenvalue weighted by Crippen LogP contribution is 2.33. The molecular weight excluding hydrogens is 410 g/mol. The summed E-state index contributed by atoms with van der Waals surface area (Å²) in [4.78, 5) is 32.2. The monoisotopic (exact) mass is 445 g/mol. The molecule has 0 unspecified atom stereocenters. The Morgan fingerprint density at radius 1 is 0.969 bits per heavy atom. The Bertz CT molecular complexity index is 813. The number of aliphatic hydroxyl groups excluding tert-OH is 1. The van der Waals surface area contributed by atoms with Crippen molar-refractivity contribution < 1.29 is 24.2 Å². The smallest absolute Gasteiger partial charge is 0.277 e. The summed E-state index contributed by atoms with van der Waals surface area (Å²) in [5.74, 6) is 0.200. The van der Waals surface area contributed by atoms with Gasteiger partial charge in [0, 0.05) is 32.7 Å². The summed E-state index contributed by atoms with van der Waals surface area (Å²) in [7, 11) is 0. The average Bonchev–Trinajstić information content (AvgIpc) is 3.03. The lowest BCUT2D eigenvalue weighted by Crippen LogP contribution is -2.48. The number of aliphatic hydroxyl groups is 1. The standard InChI is InChI=1S/C24H35N3O5/c1-4-16-32-20-7-5-19(6-8-20)21-22(26-11-9-25(10-12-26)13-15-28)24(30)27(23(21)29)14-17-31-18(2)3/h5-8,18,28H,4,9-17H2,1-3H3. The molecule has 176 valence electrons. The number of imide groups is 1. The van der Waals surface area contributed by atoms with Gasteiger partial charge in [-0.3, -0.25) is 19.4 Å². The quantitative estimate of drug-likeness (QED) is 0.518. The minimum absolute atomic E-state index is 0.0324. The van der Waals surface area contributed by atoms with Gasteiger partial charge in [0.25, 0.3) is 11.8 Å². The molecule has 2 aliphatic heterocycles. The van der Waals surface area contributed by atoms with Crippen molar-refractivity contribution in [1.82, 2.24) is 14.7 Å². The predicted octanol–water partition coefficient (Wildman–Crippen LogP) is 1.59. The van der Waals surface area contributed by atoms with Gasteiger partial charge in [0.15, 0.2) is 0 Å². The van der Waals surface area contributed by atoms with Crippen LogP contribution in [0.5, 0.6) is 5.75 Å². The van der Waals surface area contributed by atoms with Crippen molar-refractivity contribution in [1.29, 1.82) is 0 Å². The van der Waals surface area contributed by atoms with Crippen molar-refractivity contribution in [2.45, 2.75) is 33.3 Å². The molecule has 2 aliphatic rings. The van der Waals surface area contributed by atoms with Gasteiger partial charge in [-0.2, -0.15) is 0 Å². The van der Waals surface area contributed by atoms with Gasteiger partial charge < -0.3 is 19.5 Å². The predicted molar refractivity (Wildman–Crippen MR) is 122 cm³/mol. The van der Waals surface area contributed by atoms with Crippen LogP contribution in [0.1, 0.15) is 32.8 Å². The van der Waals surface area contributed by atoms with Crippen molar-refractivity contribution in [3.8, 4) is 5.75 Å². The number of carbonyl (C=O) groups is 2. The van der Waals surface area contributed by atoms with E-state index in [0.717, 1.165) is 25.3 Å². The van der Waals surface area contributed by atoms with Gasteiger partial charge in [-0.25, -0.2) is 0 Å². The lowest BCUT2D eigenvalue weighted by atomic mass is 10.0. The molecule has 0 aliphatic carbocycles. The number of rotatable bonds is 11. The van der Waals surface area contributed by atoms with E-state index in [1.165, 1.54) is 4.90 Å². The molecule has 0 atom stereocenters. The molecular formula is C24H35N3O5. The van der Waals surface area contributed by atoms with E-state index in [0.29, 0.717) is 49.7 Å². The fourth-order valence-corrected chi connectivity index (χ4v) is 3.97. The molecule has 1 aromatic rings. The zero-order valence-electron chi connectivity index (χ0n) is 19.4. The summed E-state index contributed by atoms with van der Waals surface area (Å²) in [5, 5.41) is 9.20. The number of carbonyl (C=O) groups excluding carboxylic acids is 2. The molecule has 1 saturated heterocycles. The van der Waals surface area contributed by atoms with Crippen molar-refractivity contribution >= 4 is 17.4 Å². The number of ether oxygens (including phenoxy) is 2. The summed E-state index contributed by atoms with van der Waals surface area (Å²) >= 11 is 0. The minimum atomic E-state index is -0.280. The number of piperazine rings is 1. The van der Waals surface area contributed by atoms with Crippen molar-refractivity contribution in [2.24, 2.45) is 0 Å². The number of amides is 2. The number of hydrogen-bond acceptors (Lipinski definition) is 7. The molecule has 0 radical (unpaired) electrons. The first kappa shape index (κ1) is 24.2. The Labute approximate surface area is 190 Å². The molecule has 2 heterocycles. The second-order valence-corrected chi connectivity index (χ2v) is 8.33. The van der Waals surface area contributed by atoms with Crippen LogP contribution in [-0.4, -0.2) is 96.8 Å². The molecule has 1 fully saturated rings. The van der Waals surface area contributed by atoms with Gasteiger partial charge >= 0.3 is 0 Å². The minimum Gasteiger partial charge on any atom is -0.494 e. The largest absolute Gasteiger partial charge is 0.494 e. The van der Waals surface area contributed by atoms with E-state index >= 15 is 0 Å². The SMILES string of the molecule is CCCOc1ccc(C2=C(N3CCN(CCO)CC3)C(=O)N(CCOC(C)C)C2=O)cc1. The molecule has 0 saturated carbocycles. The number of β-amino-alcohol motifs (C(OH)–C–C–N with tert-alkyl or cyclic N) is 1. The summed E-state index contributed by atoms with van der Waals surface area (Å²) in [5.41, 5.74) is 1.62. The van der Waals surface area contributed by atoms with Crippen LogP contribution in [0.15, 0.2) is 30.0 Å². The van der Waals surface area contributed by atoms with Gasteiger partial charge in [0.1, 0.15) is 11.4 Å². The van der Waals surface area contributed by atoms with Crippen LogP contribution in [0.25, 0.3) is 5.57 Å². The Kier molecular flexibility index (Phi) is 8.67. The second kappa shape index (κ2) is 11.4. The van der Waals surface area contributed by atoms with Crippen LogP contribution in [0.4, 0.5) is 0 Å². The van der Waals surface area contributed by atoms with Crippen LogP contribution in [0.3, 0.4) is 0 Å². The molecule has 2 amide bonds. The summed E-state index contributed by atoms with van der Waals surface area (Å²) in [6.07, 6.45) is 0.949. The molecule has 8 nitrogen and oxygen atoms in total. The highest BCUT2D eigenvalue weighted by atomic mass is 16.5. The van der Waals surface area contributed by atoms with Crippen LogP contribution in [0.2, 0.25) is 0 Å². The third kappa shape index (κ3) is 5.68.